The lowest BCUT2D eigenvalue weighted by Gasteiger charge is -2.06. The van der Waals surface area contributed by atoms with Crippen molar-refractivity contribution in [1.82, 2.24) is 9.78 Å². The molecule has 1 aromatic heterocycles. The standard InChI is InChI=1S/C19H15FIN3O/c20-12-8-10-13(11-9-12)24-17-7-3-4-14(17)18(23-24)19(25)22-16-6-2-1-5-15(16)21/h1-2,5-6,8-11H,3-4,7H2,(H,22,25). The number of para-hydroxylation sites is 1. The van der Waals surface area contributed by atoms with Gasteiger partial charge in [-0.3, -0.25) is 4.79 Å². The fraction of sp³-hybridized carbons (Fsp3) is 0.158. The molecule has 0 saturated heterocycles. The minimum Gasteiger partial charge on any atom is -0.320 e. The van der Waals surface area contributed by atoms with Crippen LogP contribution in [0.2, 0.25) is 0 Å². The molecule has 0 bridgehead atoms. The Morgan fingerprint density at radius 2 is 1.88 bits per heavy atom. The lowest BCUT2D eigenvalue weighted by atomic mass is 10.2. The van der Waals surface area contributed by atoms with Crippen LogP contribution in [-0.2, 0) is 12.8 Å². The first-order valence-corrected chi connectivity index (χ1v) is 9.14. The summed E-state index contributed by atoms with van der Waals surface area (Å²) in [6, 6.07) is 13.8. The van der Waals surface area contributed by atoms with E-state index in [1.54, 1.807) is 16.8 Å². The topological polar surface area (TPSA) is 46.9 Å². The van der Waals surface area contributed by atoms with Gasteiger partial charge in [0.2, 0.25) is 0 Å². The van der Waals surface area contributed by atoms with Crippen LogP contribution in [0.5, 0.6) is 0 Å². The van der Waals surface area contributed by atoms with Crippen molar-refractivity contribution in [1.29, 1.82) is 0 Å². The molecule has 1 amide bonds. The second-order valence-electron chi connectivity index (χ2n) is 5.95. The molecular formula is C19H15FIN3O. The van der Waals surface area contributed by atoms with Crippen molar-refractivity contribution >= 4 is 34.2 Å². The number of hydrogen-bond donors (Lipinski definition) is 1. The Morgan fingerprint density at radius 1 is 1.12 bits per heavy atom. The highest BCUT2D eigenvalue weighted by Gasteiger charge is 2.27. The van der Waals surface area contributed by atoms with Gasteiger partial charge in [-0.2, -0.15) is 5.10 Å². The first-order valence-electron chi connectivity index (χ1n) is 8.06. The maximum Gasteiger partial charge on any atom is 0.276 e. The number of benzene rings is 2. The summed E-state index contributed by atoms with van der Waals surface area (Å²) in [7, 11) is 0. The van der Waals surface area contributed by atoms with E-state index >= 15 is 0 Å². The lowest BCUT2D eigenvalue weighted by Crippen LogP contribution is -2.15. The van der Waals surface area contributed by atoms with Gasteiger partial charge < -0.3 is 5.32 Å². The number of hydrogen-bond acceptors (Lipinski definition) is 2. The number of nitrogens with one attached hydrogen (secondary N) is 1. The number of fused-ring (bicyclic) bond motifs is 1. The molecule has 2 aromatic carbocycles. The van der Waals surface area contributed by atoms with Crippen LogP contribution in [0.4, 0.5) is 10.1 Å². The number of halogens is 2. The van der Waals surface area contributed by atoms with E-state index in [-0.39, 0.29) is 11.7 Å². The van der Waals surface area contributed by atoms with E-state index in [4.69, 9.17) is 0 Å². The number of rotatable bonds is 3. The smallest absolute Gasteiger partial charge is 0.276 e. The molecule has 126 valence electrons. The van der Waals surface area contributed by atoms with E-state index in [2.05, 4.69) is 33.0 Å². The van der Waals surface area contributed by atoms with Crippen molar-refractivity contribution in [2.24, 2.45) is 0 Å². The largest absolute Gasteiger partial charge is 0.320 e. The fourth-order valence-corrected chi connectivity index (χ4v) is 3.68. The number of carbonyl (C=O) groups excluding carboxylic acids is 1. The Labute approximate surface area is 158 Å². The van der Waals surface area contributed by atoms with Crippen LogP contribution in [0.3, 0.4) is 0 Å². The average molecular weight is 447 g/mol. The van der Waals surface area contributed by atoms with Gasteiger partial charge >= 0.3 is 0 Å². The molecule has 0 fully saturated rings. The summed E-state index contributed by atoms with van der Waals surface area (Å²) in [6.45, 7) is 0. The molecule has 0 radical (unpaired) electrons. The summed E-state index contributed by atoms with van der Waals surface area (Å²) >= 11 is 2.19. The highest BCUT2D eigenvalue weighted by atomic mass is 127. The number of aromatic nitrogens is 2. The quantitative estimate of drug-likeness (QED) is 0.607. The molecule has 0 spiro atoms. The van der Waals surface area contributed by atoms with Crippen molar-refractivity contribution in [3.63, 3.8) is 0 Å². The Kier molecular flexibility index (Phi) is 4.29. The zero-order chi connectivity index (χ0) is 17.4. The van der Waals surface area contributed by atoms with Gasteiger partial charge in [-0.25, -0.2) is 9.07 Å². The highest BCUT2D eigenvalue weighted by molar-refractivity contribution is 14.1. The average Bonchev–Trinajstić information content (AvgIpc) is 3.20. The summed E-state index contributed by atoms with van der Waals surface area (Å²) in [5.74, 6) is -0.493. The lowest BCUT2D eigenvalue weighted by molar-refractivity contribution is 0.102. The van der Waals surface area contributed by atoms with Gasteiger partial charge in [0.05, 0.1) is 11.4 Å². The fourth-order valence-electron chi connectivity index (χ4n) is 3.16. The molecule has 1 N–H and O–H groups in total. The minimum absolute atomic E-state index is 0.205. The van der Waals surface area contributed by atoms with E-state index < -0.39 is 0 Å². The molecule has 0 saturated carbocycles. The molecule has 25 heavy (non-hydrogen) atoms. The van der Waals surface area contributed by atoms with E-state index in [9.17, 15) is 9.18 Å². The van der Waals surface area contributed by atoms with Crippen molar-refractivity contribution < 1.29 is 9.18 Å². The molecule has 1 aliphatic carbocycles. The zero-order valence-corrected chi connectivity index (χ0v) is 15.5. The molecule has 3 aromatic rings. The van der Waals surface area contributed by atoms with Gasteiger partial charge in [0.25, 0.3) is 5.91 Å². The third-order valence-corrected chi connectivity index (χ3v) is 5.28. The minimum atomic E-state index is -0.288. The van der Waals surface area contributed by atoms with Crippen LogP contribution in [-0.4, -0.2) is 15.7 Å². The number of carbonyl (C=O) groups is 1. The monoisotopic (exact) mass is 447 g/mol. The van der Waals surface area contributed by atoms with Crippen LogP contribution < -0.4 is 5.32 Å². The third kappa shape index (κ3) is 3.06. The van der Waals surface area contributed by atoms with Crippen molar-refractivity contribution in [3.8, 4) is 5.69 Å². The van der Waals surface area contributed by atoms with Crippen LogP contribution in [0.15, 0.2) is 48.5 Å². The second kappa shape index (κ2) is 6.59. The Hall–Kier alpha value is -2.22. The molecule has 1 aliphatic rings. The van der Waals surface area contributed by atoms with Crippen LogP contribution >= 0.6 is 22.6 Å². The van der Waals surface area contributed by atoms with Crippen LogP contribution in [0, 0.1) is 9.39 Å². The number of nitrogens with zero attached hydrogens (tertiary/aromatic N) is 2. The van der Waals surface area contributed by atoms with Crippen LogP contribution in [0.25, 0.3) is 5.69 Å². The maximum absolute atomic E-state index is 13.2. The van der Waals surface area contributed by atoms with E-state index in [1.807, 2.05) is 24.3 Å². The third-order valence-electron chi connectivity index (χ3n) is 4.34. The summed E-state index contributed by atoms with van der Waals surface area (Å²) < 4.78 is 15.9. The van der Waals surface area contributed by atoms with Gasteiger partial charge in [0.1, 0.15) is 5.82 Å². The SMILES string of the molecule is O=C(Nc1ccccc1I)c1nn(-c2ccc(F)cc2)c2c1CCC2. The summed E-state index contributed by atoms with van der Waals surface area (Å²) in [5, 5.41) is 7.49. The zero-order valence-electron chi connectivity index (χ0n) is 13.3. The van der Waals surface area contributed by atoms with E-state index in [0.717, 1.165) is 45.5 Å². The highest BCUT2D eigenvalue weighted by Crippen LogP contribution is 2.29. The molecule has 6 heteroatoms. The van der Waals surface area contributed by atoms with Gasteiger partial charge in [-0.15, -0.1) is 0 Å². The predicted octanol–water partition coefficient (Wildman–Crippen LogP) is 4.36. The molecule has 1 heterocycles. The number of amides is 1. The van der Waals surface area contributed by atoms with Crippen molar-refractivity contribution in [3.05, 3.63) is 74.9 Å². The molecule has 4 nitrogen and oxygen atoms in total. The molecule has 0 unspecified atom stereocenters. The van der Waals surface area contributed by atoms with Gasteiger partial charge in [-0.1, -0.05) is 12.1 Å². The molecule has 4 rings (SSSR count). The van der Waals surface area contributed by atoms with Gasteiger partial charge in [-0.05, 0) is 78.3 Å². The molecule has 0 atom stereocenters. The first-order chi connectivity index (χ1) is 12.1. The first kappa shape index (κ1) is 16.3. The van der Waals surface area contributed by atoms with E-state index in [1.165, 1.54) is 12.1 Å². The van der Waals surface area contributed by atoms with Gasteiger partial charge in [0, 0.05) is 14.8 Å². The maximum atomic E-state index is 13.2. The summed E-state index contributed by atoms with van der Waals surface area (Å²) in [4.78, 5) is 12.8. The normalized spacial score (nSPS) is 12.9. The summed E-state index contributed by atoms with van der Waals surface area (Å²) in [6.07, 6.45) is 2.71. The van der Waals surface area contributed by atoms with Crippen LogP contribution in [0.1, 0.15) is 28.2 Å². The van der Waals surface area contributed by atoms with Gasteiger partial charge in [0.15, 0.2) is 5.69 Å². The van der Waals surface area contributed by atoms with Crippen molar-refractivity contribution in [2.45, 2.75) is 19.3 Å². The Morgan fingerprint density at radius 3 is 2.64 bits per heavy atom. The molecular weight excluding hydrogens is 432 g/mol. The predicted molar refractivity (Wildman–Crippen MR) is 103 cm³/mol. The second-order valence-corrected chi connectivity index (χ2v) is 7.11. The summed E-state index contributed by atoms with van der Waals surface area (Å²) in [5.41, 5.74) is 4.04. The van der Waals surface area contributed by atoms with Crippen molar-refractivity contribution in [2.75, 3.05) is 5.32 Å². The Bertz CT molecular complexity index is 950. The molecule has 0 aliphatic heterocycles. The van der Waals surface area contributed by atoms with E-state index in [0.29, 0.717) is 5.69 Å². The number of anilines is 1. The Balaban J connectivity index is 1.71.